The maximum Gasteiger partial charge on any atom is 0.127 e. The molecule has 2 rings (SSSR count). The Morgan fingerprint density at radius 3 is 2.65 bits per heavy atom. The first-order valence-corrected chi connectivity index (χ1v) is 8.91. The largest absolute Gasteiger partial charge is 0.497 e. The normalized spacial score (nSPS) is 11.5. The van der Waals surface area contributed by atoms with E-state index in [2.05, 4.69) is 32.6 Å². The summed E-state index contributed by atoms with van der Waals surface area (Å²) in [5.41, 5.74) is 2.46. The average Bonchev–Trinajstić information content (AvgIpc) is 2.66. The zero-order valence-electron chi connectivity index (χ0n) is 15.0. The molecular formula is C20H23BrN2O3. The molecule has 2 aromatic rings. The van der Waals surface area contributed by atoms with Gasteiger partial charge in [-0.15, -0.1) is 6.58 Å². The first kappa shape index (κ1) is 20.0. The van der Waals surface area contributed by atoms with Gasteiger partial charge in [-0.2, -0.15) is 0 Å². The number of methoxy groups -OCH3 is 2. The molecule has 0 heterocycles. The predicted molar refractivity (Wildman–Crippen MR) is 107 cm³/mol. The molecule has 0 fully saturated rings. The fourth-order valence-electron chi connectivity index (χ4n) is 2.65. The van der Waals surface area contributed by atoms with Crippen LogP contribution in [0.4, 0.5) is 0 Å². The van der Waals surface area contributed by atoms with Gasteiger partial charge in [0.1, 0.15) is 17.2 Å². The minimum atomic E-state index is 0.466. The highest BCUT2D eigenvalue weighted by Gasteiger charge is 2.14. The van der Waals surface area contributed by atoms with Crippen LogP contribution < -0.4 is 9.47 Å². The quantitative estimate of drug-likeness (QED) is 0.285. The van der Waals surface area contributed by atoms with Gasteiger partial charge in [0.05, 0.1) is 14.2 Å². The van der Waals surface area contributed by atoms with Crippen LogP contribution in [-0.4, -0.2) is 43.1 Å². The maximum absolute atomic E-state index is 9.50. The molecule has 0 unspecified atom stereocenters. The Morgan fingerprint density at radius 2 is 2.04 bits per heavy atom. The number of ether oxygens (including phenoxy) is 2. The van der Waals surface area contributed by atoms with Crippen molar-refractivity contribution in [2.24, 2.45) is 5.16 Å². The van der Waals surface area contributed by atoms with E-state index in [9.17, 15) is 5.21 Å². The summed E-state index contributed by atoms with van der Waals surface area (Å²) >= 11 is 3.45. The van der Waals surface area contributed by atoms with Crippen LogP contribution >= 0.6 is 15.9 Å². The van der Waals surface area contributed by atoms with E-state index in [0.717, 1.165) is 27.1 Å². The van der Waals surface area contributed by atoms with Crippen molar-refractivity contribution in [1.82, 2.24) is 4.90 Å². The monoisotopic (exact) mass is 418 g/mol. The fourth-order valence-corrected chi connectivity index (χ4v) is 3.05. The SMILES string of the molecule is C=CCN(C/C(=N\O)c1cccc(Br)c1)Cc1ccc(OC)cc1OC. The number of benzene rings is 2. The van der Waals surface area contributed by atoms with Gasteiger partial charge in [-0.05, 0) is 18.2 Å². The van der Waals surface area contributed by atoms with E-state index in [0.29, 0.717) is 25.3 Å². The Morgan fingerprint density at radius 1 is 1.23 bits per heavy atom. The van der Waals surface area contributed by atoms with Gasteiger partial charge in [-0.25, -0.2) is 0 Å². The third-order valence-corrected chi connectivity index (χ3v) is 4.42. The van der Waals surface area contributed by atoms with Gasteiger partial charge in [-0.3, -0.25) is 4.90 Å². The molecule has 1 N–H and O–H groups in total. The van der Waals surface area contributed by atoms with E-state index in [1.165, 1.54) is 0 Å². The summed E-state index contributed by atoms with van der Waals surface area (Å²) in [7, 11) is 3.26. The molecule has 0 bridgehead atoms. The van der Waals surface area contributed by atoms with Crippen LogP contribution in [0.5, 0.6) is 11.5 Å². The lowest BCUT2D eigenvalue weighted by Gasteiger charge is -2.22. The highest BCUT2D eigenvalue weighted by atomic mass is 79.9. The van der Waals surface area contributed by atoms with Crippen LogP contribution in [0.15, 0.2) is 64.7 Å². The fraction of sp³-hybridized carbons (Fsp3) is 0.250. The molecule has 5 nitrogen and oxygen atoms in total. The van der Waals surface area contributed by atoms with Crippen molar-refractivity contribution in [3.05, 3.63) is 70.7 Å². The first-order chi connectivity index (χ1) is 12.6. The Bertz CT molecular complexity index is 777. The van der Waals surface area contributed by atoms with Crippen LogP contribution in [0, 0.1) is 0 Å². The van der Waals surface area contributed by atoms with Gasteiger partial charge in [0.25, 0.3) is 0 Å². The molecule has 26 heavy (non-hydrogen) atoms. The number of hydrogen-bond acceptors (Lipinski definition) is 5. The molecule has 0 saturated heterocycles. The summed E-state index contributed by atoms with van der Waals surface area (Å²) in [5.74, 6) is 1.50. The van der Waals surface area contributed by atoms with Gasteiger partial charge in [0.15, 0.2) is 0 Å². The van der Waals surface area contributed by atoms with Crippen molar-refractivity contribution in [3.63, 3.8) is 0 Å². The van der Waals surface area contributed by atoms with E-state index >= 15 is 0 Å². The molecule has 0 saturated carbocycles. The summed E-state index contributed by atoms with van der Waals surface area (Å²) in [6.07, 6.45) is 1.83. The Kier molecular flexibility index (Phi) is 7.69. The van der Waals surface area contributed by atoms with Gasteiger partial charge in [0.2, 0.25) is 0 Å². The minimum Gasteiger partial charge on any atom is -0.497 e. The van der Waals surface area contributed by atoms with E-state index < -0.39 is 0 Å². The van der Waals surface area contributed by atoms with Crippen LogP contribution in [0.1, 0.15) is 11.1 Å². The van der Waals surface area contributed by atoms with Gasteiger partial charge in [0, 0.05) is 41.3 Å². The molecule has 6 heteroatoms. The van der Waals surface area contributed by atoms with Crippen LogP contribution in [0.25, 0.3) is 0 Å². The van der Waals surface area contributed by atoms with Gasteiger partial charge < -0.3 is 14.7 Å². The summed E-state index contributed by atoms with van der Waals surface area (Å²) in [6.45, 7) is 5.55. The Balaban J connectivity index is 2.22. The number of nitrogens with zero attached hydrogens (tertiary/aromatic N) is 2. The van der Waals surface area contributed by atoms with Crippen LogP contribution in [0.3, 0.4) is 0 Å². The molecule has 0 aliphatic heterocycles. The molecule has 138 valence electrons. The minimum absolute atomic E-state index is 0.466. The topological polar surface area (TPSA) is 54.3 Å². The van der Waals surface area contributed by atoms with Crippen molar-refractivity contribution in [2.75, 3.05) is 27.3 Å². The smallest absolute Gasteiger partial charge is 0.127 e. The standard InChI is InChI=1S/C20H23BrN2O3/c1-4-10-23(13-16-8-9-18(25-2)12-20(16)26-3)14-19(22-24)15-6-5-7-17(21)11-15/h4-9,11-12,24H,1,10,13-14H2,2-3H3/b22-19+. The highest BCUT2D eigenvalue weighted by Crippen LogP contribution is 2.26. The molecular weight excluding hydrogens is 396 g/mol. The molecule has 2 aromatic carbocycles. The van der Waals surface area contributed by atoms with E-state index in [1.807, 2.05) is 48.5 Å². The lowest BCUT2D eigenvalue weighted by Crippen LogP contribution is -2.30. The van der Waals surface area contributed by atoms with Crippen LogP contribution in [0.2, 0.25) is 0 Å². The lowest BCUT2D eigenvalue weighted by molar-refractivity contribution is 0.299. The molecule has 0 radical (unpaired) electrons. The molecule has 0 spiro atoms. The third kappa shape index (κ3) is 5.34. The van der Waals surface area contributed by atoms with Gasteiger partial charge >= 0.3 is 0 Å². The number of halogens is 1. The van der Waals surface area contributed by atoms with E-state index in [4.69, 9.17) is 9.47 Å². The summed E-state index contributed by atoms with van der Waals surface area (Å²) < 4.78 is 11.7. The van der Waals surface area contributed by atoms with Crippen molar-refractivity contribution < 1.29 is 14.7 Å². The van der Waals surface area contributed by atoms with Crippen LogP contribution in [-0.2, 0) is 6.54 Å². The first-order valence-electron chi connectivity index (χ1n) is 8.12. The number of rotatable bonds is 9. The van der Waals surface area contributed by atoms with Crippen molar-refractivity contribution >= 4 is 21.6 Å². The van der Waals surface area contributed by atoms with Crippen molar-refractivity contribution in [1.29, 1.82) is 0 Å². The molecule has 0 aromatic heterocycles. The Hall–Kier alpha value is -2.31. The molecule has 0 atom stereocenters. The summed E-state index contributed by atoms with van der Waals surface area (Å²) in [4.78, 5) is 2.12. The average molecular weight is 419 g/mol. The number of oxime groups is 1. The number of hydrogen-bond donors (Lipinski definition) is 1. The zero-order chi connectivity index (χ0) is 18.9. The zero-order valence-corrected chi connectivity index (χ0v) is 16.6. The van der Waals surface area contributed by atoms with Crippen molar-refractivity contribution in [2.45, 2.75) is 6.54 Å². The second kappa shape index (κ2) is 9.99. The second-order valence-corrected chi connectivity index (χ2v) is 6.61. The Labute approximate surface area is 162 Å². The molecule has 0 amide bonds. The summed E-state index contributed by atoms with van der Waals surface area (Å²) in [6, 6.07) is 13.4. The highest BCUT2D eigenvalue weighted by molar-refractivity contribution is 9.10. The van der Waals surface area contributed by atoms with E-state index in [-0.39, 0.29) is 0 Å². The molecule has 0 aliphatic rings. The summed E-state index contributed by atoms with van der Waals surface area (Å²) in [5, 5.41) is 13.0. The lowest BCUT2D eigenvalue weighted by atomic mass is 10.1. The second-order valence-electron chi connectivity index (χ2n) is 5.69. The van der Waals surface area contributed by atoms with E-state index in [1.54, 1.807) is 14.2 Å². The third-order valence-electron chi connectivity index (χ3n) is 3.93. The van der Waals surface area contributed by atoms with Crippen molar-refractivity contribution in [3.8, 4) is 11.5 Å². The van der Waals surface area contributed by atoms with Gasteiger partial charge in [-0.1, -0.05) is 45.4 Å². The predicted octanol–water partition coefficient (Wildman–Crippen LogP) is 4.33. The maximum atomic E-state index is 9.50. The molecule has 0 aliphatic carbocycles.